The molecule has 1 saturated heterocycles. The van der Waals surface area contributed by atoms with Crippen molar-refractivity contribution >= 4 is 21.6 Å². The molecule has 1 aromatic heterocycles. The van der Waals surface area contributed by atoms with E-state index in [1.807, 2.05) is 31.2 Å². The highest BCUT2D eigenvalue weighted by molar-refractivity contribution is 7.88. The monoisotopic (exact) mass is 445 g/mol. The fourth-order valence-corrected chi connectivity index (χ4v) is 5.61. The molecular weight excluding hydrogens is 422 g/mol. The Hall–Kier alpha value is -2.22. The van der Waals surface area contributed by atoms with Crippen LogP contribution in [0, 0.1) is 12.8 Å². The molecule has 1 aliphatic heterocycles. The second-order valence-electron chi connectivity index (χ2n) is 7.78. The van der Waals surface area contributed by atoms with E-state index in [0.29, 0.717) is 36.2 Å². The second-order valence-corrected chi connectivity index (χ2v) is 10.2. The molecule has 1 fully saturated rings. The van der Waals surface area contributed by atoms with Gasteiger partial charge in [0.1, 0.15) is 0 Å². The quantitative estimate of drug-likeness (QED) is 0.559. The lowest BCUT2D eigenvalue weighted by atomic mass is 9.96. The predicted octanol–water partition coefficient (Wildman–Crippen LogP) is 4.48. The lowest BCUT2D eigenvalue weighted by molar-refractivity contribution is 0.247. The SMILES string of the molecule is Cc1ccccc1-c1noc(C[C@@H]2CCCN(S(=O)(=O)Cc3ccc(Cl)cc3)C2)n1. The maximum absolute atomic E-state index is 12.9. The van der Waals surface area contributed by atoms with E-state index in [1.165, 1.54) is 0 Å². The Morgan fingerprint density at radius 1 is 1.17 bits per heavy atom. The van der Waals surface area contributed by atoms with E-state index in [9.17, 15) is 8.42 Å². The molecule has 0 bridgehead atoms. The third-order valence-corrected chi connectivity index (χ3v) is 7.52. The van der Waals surface area contributed by atoms with E-state index < -0.39 is 10.0 Å². The first-order chi connectivity index (χ1) is 14.4. The molecule has 0 aliphatic carbocycles. The molecule has 8 heteroatoms. The Balaban J connectivity index is 1.42. The van der Waals surface area contributed by atoms with E-state index in [-0.39, 0.29) is 11.7 Å². The molecule has 6 nitrogen and oxygen atoms in total. The minimum absolute atomic E-state index is 0.0190. The number of aromatic nitrogens is 2. The van der Waals surface area contributed by atoms with E-state index in [4.69, 9.17) is 16.1 Å². The summed E-state index contributed by atoms with van der Waals surface area (Å²) in [6.45, 7) is 3.03. The minimum Gasteiger partial charge on any atom is -0.339 e. The van der Waals surface area contributed by atoms with Crippen molar-refractivity contribution in [2.45, 2.75) is 31.9 Å². The van der Waals surface area contributed by atoms with Crippen molar-refractivity contribution < 1.29 is 12.9 Å². The number of hydrogen-bond acceptors (Lipinski definition) is 5. The number of aryl methyl sites for hydroxylation is 1. The third-order valence-electron chi connectivity index (χ3n) is 5.45. The zero-order valence-corrected chi connectivity index (χ0v) is 18.4. The molecule has 3 aromatic rings. The topological polar surface area (TPSA) is 76.3 Å². The highest BCUT2D eigenvalue weighted by atomic mass is 35.5. The maximum Gasteiger partial charge on any atom is 0.227 e. The Morgan fingerprint density at radius 3 is 2.70 bits per heavy atom. The van der Waals surface area contributed by atoms with Crippen molar-refractivity contribution in [2.75, 3.05) is 13.1 Å². The number of benzene rings is 2. The summed E-state index contributed by atoms with van der Waals surface area (Å²) in [5.74, 6) is 1.26. The number of nitrogens with zero attached hydrogens (tertiary/aromatic N) is 3. The lowest BCUT2D eigenvalue weighted by Gasteiger charge is -2.31. The molecule has 2 aromatic carbocycles. The molecule has 1 aliphatic rings. The summed E-state index contributed by atoms with van der Waals surface area (Å²) in [7, 11) is -3.39. The van der Waals surface area contributed by atoms with Gasteiger partial charge in [0, 0.05) is 30.1 Å². The summed E-state index contributed by atoms with van der Waals surface area (Å²) in [6, 6.07) is 14.8. The molecule has 2 heterocycles. The van der Waals surface area contributed by atoms with Gasteiger partial charge in [-0.25, -0.2) is 12.7 Å². The highest BCUT2D eigenvalue weighted by Crippen LogP contribution is 2.26. The Labute approximate surface area is 181 Å². The van der Waals surface area contributed by atoms with E-state index in [2.05, 4.69) is 10.1 Å². The average molecular weight is 446 g/mol. The molecule has 0 unspecified atom stereocenters. The Morgan fingerprint density at radius 2 is 1.93 bits per heavy atom. The zero-order valence-electron chi connectivity index (χ0n) is 16.8. The van der Waals surface area contributed by atoms with Gasteiger partial charge in [-0.05, 0) is 48.9 Å². The molecule has 30 heavy (non-hydrogen) atoms. The van der Waals surface area contributed by atoms with E-state index >= 15 is 0 Å². The second kappa shape index (κ2) is 8.88. The number of halogens is 1. The van der Waals surface area contributed by atoms with Crippen molar-refractivity contribution in [1.82, 2.24) is 14.4 Å². The van der Waals surface area contributed by atoms with Gasteiger partial charge in [0.25, 0.3) is 0 Å². The van der Waals surface area contributed by atoms with Crippen molar-refractivity contribution in [1.29, 1.82) is 0 Å². The average Bonchev–Trinajstić information content (AvgIpc) is 3.18. The summed E-state index contributed by atoms with van der Waals surface area (Å²) in [5.41, 5.74) is 2.77. The van der Waals surface area contributed by atoms with Gasteiger partial charge >= 0.3 is 0 Å². The summed E-state index contributed by atoms with van der Waals surface area (Å²) in [4.78, 5) is 4.54. The predicted molar refractivity (Wildman–Crippen MR) is 117 cm³/mol. The van der Waals surface area contributed by atoms with Crippen LogP contribution < -0.4 is 0 Å². The van der Waals surface area contributed by atoms with Crippen LogP contribution >= 0.6 is 11.6 Å². The van der Waals surface area contributed by atoms with E-state index in [0.717, 1.165) is 29.5 Å². The van der Waals surface area contributed by atoms with Crippen molar-refractivity contribution in [3.63, 3.8) is 0 Å². The highest BCUT2D eigenvalue weighted by Gasteiger charge is 2.30. The van der Waals surface area contributed by atoms with Crippen molar-refractivity contribution in [3.8, 4) is 11.4 Å². The van der Waals surface area contributed by atoms with E-state index in [1.54, 1.807) is 28.6 Å². The third kappa shape index (κ3) is 4.91. The maximum atomic E-state index is 12.9. The van der Waals surface area contributed by atoms with Gasteiger partial charge in [-0.1, -0.05) is 53.2 Å². The van der Waals surface area contributed by atoms with Gasteiger partial charge in [-0.3, -0.25) is 0 Å². The van der Waals surface area contributed by atoms with Crippen LogP contribution in [0.25, 0.3) is 11.4 Å². The normalized spacial score (nSPS) is 17.9. The fraction of sp³-hybridized carbons (Fsp3) is 0.364. The van der Waals surface area contributed by atoms with Gasteiger partial charge in [0.15, 0.2) is 0 Å². The standard InChI is InChI=1S/C22H24ClN3O3S/c1-16-5-2-3-7-20(16)22-24-21(29-25-22)13-18-6-4-12-26(14-18)30(27,28)15-17-8-10-19(23)11-9-17/h2-3,5,7-11,18H,4,6,12-15H2,1H3/t18-/m0/s1. The van der Waals surface area contributed by atoms with Crippen LogP contribution in [-0.2, 0) is 22.2 Å². The summed E-state index contributed by atoms with van der Waals surface area (Å²) in [5, 5.41) is 4.71. The number of hydrogen-bond donors (Lipinski definition) is 0. The largest absolute Gasteiger partial charge is 0.339 e. The van der Waals surface area contributed by atoms with Crippen molar-refractivity contribution in [3.05, 3.63) is 70.6 Å². The molecule has 0 amide bonds. The first-order valence-electron chi connectivity index (χ1n) is 10.0. The molecule has 4 rings (SSSR count). The van der Waals surface area contributed by atoms with Gasteiger partial charge < -0.3 is 4.52 Å². The molecule has 1 atom stereocenters. The van der Waals surface area contributed by atoms with Crippen LogP contribution in [0.3, 0.4) is 0 Å². The Bertz CT molecular complexity index is 1110. The van der Waals surface area contributed by atoms with Crippen LogP contribution in [0.1, 0.15) is 29.9 Å². The van der Waals surface area contributed by atoms with Gasteiger partial charge in [-0.15, -0.1) is 0 Å². The lowest BCUT2D eigenvalue weighted by Crippen LogP contribution is -2.41. The van der Waals surface area contributed by atoms with Crippen LogP contribution in [0.5, 0.6) is 0 Å². The molecule has 0 saturated carbocycles. The van der Waals surface area contributed by atoms with Crippen LogP contribution in [0.4, 0.5) is 0 Å². The Kier molecular flexibility index (Phi) is 6.22. The number of piperidine rings is 1. The molecule has 0 radical (unpaired) electrons. The molecular formula is C22H24ClN3O3S. The molecule has 0 spiro atoms. The summed E-state index contributed by atoms with van der Waals surface area (Å²) in [6.07, 6.45) is 2.34. The first kappa shape index (κ1) is 21.0. The number of rotatable bonds is 6. The molecule has 158 valence electrons. The van der Waals surface area contributed by atoms with Crippen LogP contribution in [0.2, 0.25) is 5.02 Å². The molecule has 0 N–H and O–H groups in total. The van der Waals surface area contributed by atoms with Crippen LogP contribution in [0.15, 0.2) is 53.1 Å². The van der Waals surface area contributed by atoms with Crippen LogP contribution in [-0.4, -0.2) is 36.0 Å². The summed E-state index contributed by atoms with van der Waals surface area (Å²) >= 11 is 5.90. The zero-order chi connectivity index (χ0) is 21.1. The fourth-order valence-electron chi connectivity index (χ4n) is 3.85. The van der Waals surface area contributed by atoms with Gasteiger partial charge in [-0.2, -0.15) is 4.98 Å². The number of sulfonamides is 1. The minimum atomic E-state index is -3.39. The van der Waals surface area contributed by atoms with Gasteiger partial charge in [0.2, 0.25) is 21.7 Å². The first-order valence-corrected chi connectivity index (χ1v) is 12.0. The van der Waals surface area contributed by atoms with Gasteiger partial charge in [0.05, 0.1) is 5.75 Å². The smallest absolute Gasteiger partial charge is 0.227 e. The summed E-state index contributed by atoms with van der Waals surface area (Å²) < 4.78 is 32.9. The van der Waals surface area contributed by atoms with Crippen molar-refractivity contribution in [2.24, 2.45) is 5.92 Å².